The highest BCUT2D eigenvalue weighted by atomic mass is 35.5. The lowest BCUT2D eigenvalue weighted by Gasteiger charge is -2.14. The zero-order chi connectivity index (χ0) is 16.1. The second-order valence-electron chi connectivity index (χ2n) is 4.21. The summed E-state index contributed by atoms with van der Waals surface area (Å²) in [7, 11) is 0. The van der Waals surface area contributed by atoms with Gasteiger partial charge in [0.15, 0.2) is 4.32 Å². The molecular weight excluding hydrogens is 344 g/mol. The third-order valence-corrected chi connectivity index (χ3v) is 4.20. The van der Waals surface area contributed by atoms with Gasteiger partial charge >= 0.3 is 5.97 Å². The molecule has 1 aromatic rings. The van der Waals surface area contributed by atoms with Crippen molar-refractivity contribution in [2.45, 2.75) is 6.92 Å². The first-order valence-electron chi connectivity index (χ1n) is 6.44. The Labute approximate surface area is 142 Å². The standard InChI is InChI=1S/C14H13ClN2O3S2/c1-2-20-12(18)8-16-17-13(19)11(22-14(17)21)7-9-3-5-10(15)6-4-9/h3-7,16H,2,8H2,1H3/b11-7+. The molecule has 0 radical (unpaired) electrons. The topological polar surface area (TPSA) is 58.6 Å². The molecule has 0 aromatic heterocycles. The molecule has 22 heavy (non-hydrogen) atoms. The molecule has 0 aliphatic carbocycles. The minimum Gasteiger partial charge on any atom is -0.465 e. The molecule has 1 fully saturated rings. The first-order chi connectivity index (χ1) is 10.5. The monoisotopic (exact) mass is 356 g/mol. The van der Waals surface area contributed by atoms with Crippen molar-refractivity contribution in [2.24, 2.45) is 0 Å². The molecule has 0 unspecified atom stereocenters. The van der Waals surface area contributed by atoms with Gasteiger partial charge < -0.3 is 4.74 Å². The maximum absolute atomic E-state index is 12.3. The van der Waals surface area contributed by atoms with Gasteiger partial charge in [0.2, 0.25) is 0 Å². The van der Waals surface area contributed by atoms with Crippen molar-refractivity contribution in [3.63, 3.8) is 0 Å². The van der Waals surface area contributed by atoms with Crippen molar-refractivity contribution in [3.8, 4) is 0 Å². The number of rotatable bonds is 5. The van der Waals surface area contributed by atoms with Crippen LogP contribution in [-0.4, -0.2) is 34.4 Å². The first-order valence-corrected chi connectivity index (χ1v) is 8.04. The molecule has 116 valence electrons. The van der Waals surface area contributed by atoms with Crippen LogP contribution in [0.25, 0.3) is 6.08 Å². The van der Waals surface area contributed by atoms with Crippen molar-refractivity contribution in [2.75, 3.05) is 13.2 Å². The summed E-state index contributed by atoms with van der Waals surface area (Å²) >= 11 is 12.1. The fraction of sp³-hybridized carbons (Fsp3) is 0.214. The fourth-order valence-corrected chi connectivity index (χ4v) is 3.01. The van der Waals surface area contributed by atoms with E-state index < -0.39 is 5.97 Å². The van der Waals surface area contributed by atoms with Gasteiger partial charge in [-0.1, -0.05) is 47.7 Å². The number of carbonyl (C=O) groups excluding carboxylic acids is 2. The van der Waals surface area contributed by atoms with E-state index in [1.807, 2.05) is 0 Å². The predicted molar refractivity (Wildman–Crippen MR) is 91.1 cm³/mol. The molecule has 0 atom stereocenters. The fourth-order valence-electron chi connectivity index (χ4n) is 1.67. The lowest BCUT2D eigenvalue weighted by Crippen LogP contribution is -2.44. The van der Waals surface area contributed by atoms with Gasteiger partial charge in [-0.15, -0.1) is 0 Å². The maximum atomic E-state index is 12.3. The molecule has 0 bridgehead atoms. The average molecular weight is 357 g/mol. The summed E-state index contributed by atoms with van der Waals surface area (Å²) in [4.78, 5) is 24.1. The second-order valence-corrected chi connectivity index (χ2v) is 6.32. The smallest absolute Gasteiger partial charge is 0.321 e. The van der Waals surface area contributed by atoms with Crippen molar-refractivity contribution >= 4 is 57.9 Å². The predicted octanol–water partition coefficient (Wildman–Crippen LogP) is 2.61. The Balaban J connectivity index is 2.05. The molecule has 2 rings (SSSR count). The summed E-state index contributed by atoms with van der Waals surface area (Å²) in [5.41, 5.74) is 3.52. The molecule has 1 amide bonds. The van der Waals surface area contributed by atoms with Crippen LogP contribution >= 0.6 is 35.6 Å². The van der Waals surface area contributed by atoms with Crippen LogP contribution in [0.2, 0.25) is 5.02 Å². The number of hydrogen-bond acceptors (Lipinski definition) is 6. The van der Waals surface area contributed by atoms with Gasteiger partial charge in [-0.05, 0) is 30.7 Å². The highest BCUT2D eigenvalue weighted by molar-refractivity contribution is 8.26. The Bertz CT molecular complexity index is 631. The van der Waals surface area contributed by atoms with E-state index in [0.29, 0.717) is 14.2 Å². The summed E-state index contributed by atoms with van der Waals surface area (Å²) in [5, 5.41) is 1.80. The number of nitrogens with one attached hydrogen (secondary N) is 1. The van der Waals surface area contributed by atoms with Crippen molar-refractivity contribution in [1.29, 1.82) is 0 Å². The Morgan fingerprint density at radius 1 is 1.45 bits per heavy atom. The molecule has 0 spiro atoms. The quantitative estimate of drug-likeness (QED) is 0.497. The van der Waals surface area contributed by atoms with Gasteiger partial charge in [-0.3, -0.25) is 9.59 Å². The van der Waals surface area contributed by atoms with Crippen LogP contribution in [-0.2, 0) is 14.3 Å². The number of nitrogens with zero attached hydrogens (tertiary/aromatic N) is 1. The summed E-state index contributed by atoms with van der Waals surface area (Å²) in [6.45, 7) is 1.89. The second kappa shape index (κ2) is 7.73. The van der Waals surface area contributed by atoms with Gasteiger partial charge in [-0.25, -0.2) is 10.4 Å². The van der Waals surface area contributed by atoms with E-state index in [1.165, 1.54) is 16.8 Å². The lowest BCUT2D eigenvalue weighted by atomic mass is 10.2. The van der Waals surface area contributed by atoms with Crippen LogP contribution in [0.1, 0.15) is 12.5 Å². The van der Waals surface area contributed by atoms with Crippen molar-refractivity contribution in [3.05, 3.63) is 39.8 Å². The number of hydrazine groups is 1. The Morgan fingerprint density at radius 2 is 2.14 bits per heavy atom. The number of halogens is 1. The normalized spacial score (nSPS) is 16.5. The SMILES string of the molecule is CCOC(=O)CNN1C(=O)/C(=C\c2ccc(Cl)cc2)SC1=S. The Morgan fingerprint density at radius 3 is 2.77 bits per heavy atom. The number of carbonyl (C=O) groups is 2. The van der Waals surface area contributed by atoms with Gasteiger partial charge in [0.1, 0.15) is 6.54 Å². The number of amides is 1. The number of ether oxygens (including phenoxy) is 1. The molecule has 0 saturated carbocycles. The van der Waals surface area contributed by atoms with E-state index in [0.717, 1.165) is 5.56 Å². The Kier molecular flexibility index (Phi) is 5.96. The zero-order valence-corrected chi connectivity index (χ0v) is 14.1. The highest BCUT2D eigenvalue weighted by Gasteiger charge is 2.32. The summed E-state index contributed by atoms with van der Waals surface area (Å²) in [6.07, 6.45) is 1.72. The van der Waals surface area contributed by atoms with Gasteiger partial charge in [0.05, 0.1) is 11.5 Å². The average Bonchev–Trinajstić information content (AvgIpc) is 2.74. The third kappa shape index (κ3) is 4.30. The van der Waals surface area contributed by atoms with Crippen LogP contribution in [0.5, 0.6) is 0 Å². The lowest BCUT2D eigenvalue weighted by molar-refractivity contribution is -0.143. The Hall–Kier alpha value is -1.41. The van der Waals surface area contributed by atoms with Crippen LogP contribution in [0.15, 0.2) is 29.2 Å². The molecule has 8 heteroatoms. The summed E-state index contributed by atoms with van der Waals surface area (Å²) in [5.74, 6) is -0.743. The van der Waals surface area contributed by atoms with E-state index in [1.54, 1.807) is 37.3 Å². The minimum absolute atomic E-state index is 0.117. The van der Waals surface area contributed by atoms with Crippen LogP contribution in [0, 0.1) is 0 Å². The molecule has 5 nitrogen and oxygen atoms in total. The first kappa shape index (κ1) is 17.0. The van der Waals surface area contributed by atoms with E-state index in [4.69, 9.17) is 28.6 Å². The minimum atomic E-state index is -0.446. The van der Waals surface area contributed by atoms with Crippen LogP contribution in [0.4, 0.5) is 0 Å². The molecule has 1 aliphatic heterocycles. The number of thiocarbonyl (C=S) groups is 1. The molecule has 1 saturated heterocycles. The summed E-state index contributed by atoms with van der Waals surface area (Å²) < 4.78 is 5.13. The number of esters is 1. The molecule has 1 heterocycles. The van der Waals surface area contributed by atoms with E-state index in [2.05, 4.69) is 5.43 Å². The third-order valence-electron chi connectivity index (χ3n) is 2.65. The van der Waals surface area contributed by atoms with Gasteiger partial charge in [-0.2, -0.15) is 0 Å². The molecule has 1 aliphatic rings. The molecular formula is C14H13ClN2O3S2. The summed E-state index contributed by atoms with van der Waals surface area (Å²) in [6, 6.07) is 7.10. The van der Waals surface area contributed by atoms with Crippen molar-refractivity contribution in [1.82, 2.24) is 10.4 Å². The number of hydrogen-bond donors (Lipinski definition) is 1. The van der Waals surface area contributed by atoms with E-state index in [9.17, 15) is 9.59 Å². The highest BCUT2D eigenvalue weighted by Crippen LogP contribution is 2.31. The van der Waals surface area contributed by atoms with Gasteiger partial charge in [0, 0.05) is 5.02 Å². The number of thioether (sulfide) groups is 1. The van der Waals surface area contributed by atoms with Gasteiger partial charge in [0.25, 0.3) is 5.91 Å². The zero-order valence-electron chi connectivity index (χ0n) is 11.7. The van der Waals surface area contributed by atoms with E-state index in [-0.39, 0.29) is 19.1 Å². The van der Waals surface area contributed by atoms with Crippen LogP contribution < -0.4 is 5.43 Å². The van der Waals surface area contributed by atoms with E-state index >= 15 is 0 Å². The largest absolute Gasteiger partial charge is 0.465 e. The van der Waals surface area contributed by atoms with Crippen LogP contribution in [0.3, 0.4) is 0 Å². The molecule has 1 N–H and O–H groups in total. The maximum Gasteiger partial charge on any atom is 0.321 e. The van der Waals surface area contributed by atoms with Crippen molar-refractivity contribution < 1.29 is 14.3 Å². The molecule has 1 aromatic carbocycles. The number of benzene rings is 1.